The molecule has 2 atom stereocenters. The van der Waals surface area contributed by atoms with E-state index < -0.39 is 23.1 Å². The van der Waals surface area contributed by atoms with Crippen molar-refractivity contribution in [2.75, 3.05) is 6.54 Å². The second-order valence-electron chi connectivity index (χ2n) is 5.12. The minimum atomic E-state index is -2.42. The SMILES string of the molecule is CCNC(=O)C1=C(C)OC2(O)c3ccccc3C(=O)C12O. The van der Waals surface area contributed by atoms with Crippen LogP contribution in [0.4, 0.5) is 0 Å². The Balaban J connectivity index is 2.21. The van der Waals surface area contributed by atoms with E-state index in [0.717, 1.165) is 0 Å². The van der Waals surface area contributed by atoms with Gasteiger partial charge >= 0.3 is 0 Å². The maximum Gasteiger partial charge on any atom is 0.276 e. The molecule has 0 saturated heterocycles. The summed E-state index contributed by atoms with van der Waals surface area (Å²) >= 11 is 0. The van der Waals surface area contributed by atoms with Crippen molar-refractivity contribution < 1.29 is 24.5 Å². The van der Waals surface area contributed by atoms with E-state index in [-0.39, 0.29) is 22.5 Å². The van der Waals surface area contributed by atoms with Gasteiger partial charge in [-0.1, -0.05) is 24.3 Å². The molecule has 1 aromatic carbocycles. The minimum absolute atomic E-state index is 0.0359. The van der Waals surface area contributed by atoms with E-state index in [1.54, 1.807) is 19.1 Å². The number of fused-ring (bicyclic) bond motifs is 3. The molecular formula is C15H15NO5. The predicted molar refractivity (Wildman–Crippen MR) is 72.1 cm³/mol. The third-order valence-electron chi connectivity index (χ3n) is 3.93. The van der Waals surface area contributed by atoms with Gasteiger partial charge in [0.2, 0.25) is 11.4 Å². The number of ether oxygens (including phenoxy) is 1. The van der Waals surface area contributed by atoms with Crippen LogP contribution >= 0.6 is 0 Å². The lowest BCUT2D eigenvalue weighted by atomic mass is 9.85. The number of allylic oxidation sites excluding steroid dienone is 1. The summed E-state index contributed by atoms with van der Waals surface area (Å²) in [5.74, 6) is -3.59. The zero-order chi connectivity index (χ0) is 15.4. The van der Waals surface area contributed by atoms with E-state index in [1.807, 2.05) is 0 Å². The third-order valence-corrected chi connectivity index (χ3v) is 3.93. The Hall–Kier alpha value is -2.18. The van der Waals surface area contributed by atoms with Gasteiger partial charge in [0.25, 0.3) is 11.7 Å². The van der Waals surface area contributed by atoms with Gasteiger partial charge in [-0.15, -0.1) is 0 Å². The molecular weight excluding hydrogens is 274 g/mol. The zero-order valence-corrected chi connectivity index (χ0v) is 11.6. The Morgan fingerprint density at radius 3 is 2.67 bits per heavy atom. The summed E-state index contributed by atoms with van der Waals surface area (Å²) in [4.78, 5) is 24.7. The Morgan fingerprint density at radius 2 is 2.00 bits per heavy atom. The summed E-state index contributed by atoms with van der Waals surface area (Å²) in [5.41, 5.74) is -2.35. The van der Waals surface area contributed by atoms with Crippen molar-refractivity contribution in [1.29, 1.82) is 0 Å². The summed E-state index contributed by atoms with van der Waals surface area (Å²) in [7, 11) is 0. The number of Topliss-reactive ketones (excluding diaryl/α,β-unsaturated/α-hetero) is 1. The molecule has 6 nitrogen and oxygen atoms in total. The van der Waals surface area contributed by atoms with Crippen LogP contribution in [0.5, 0.6) is 0 Å². The van der Waals surface area contributed by atoms with Crippen LogP contribution in [-0.2, 0) is 15.3 Å². The highest BCUT2D eigenvalue weighted by Gasteiger charge is 2.72. The van der Waals surface area contributed by atoms with Crippen LogP contribution in [-0.4, -0.2) is 34.0 Å². The first-order valence-corrected chi connectivity index (χ1v) is 6.65. The summed E-state index contributed by atoms with van der Waals surface area (Å²) < 4.78 is 5.36. The van der Waals surface area contributed by atoms with Gasteiger partial charge in [0.05, 0.1) is 0 Å². The van der Waals surface area contributed by atoms with Crippen molar-refractivity contribution in [3.63, 3.8) is 0 Å². The number of carbonyl (C=O) groups is 2. The van der Waals surface area contributed by atoms with Gasteiger partial charge in [-0.25, -0.2) is 0 Å². The monoisotopic (exact) mass is 289 g/mol. The maximum atomic E-state index is 12.6. The first-order chi connectivity index (χ1) is 9.88. The summed E-state index contributed by atoms with van der Waals surface area (Å²) in [6.07, 6.45) is 0. The molecule has 1 heterocycles. The number of carbonyl (C=O) groups excluding carboxylic acids is 2. The molecule has 21 heavy (non-hydrogen) atoms. The standard InChI is InChI=1S/C15H15NO5/c1-3-16-13(18)11-8(2)21-15(20)10-7-5-4-6-9(10)12(17)14(11,15)19/h4-7,19-20H,3H2,1-2H3,(H,16,18). The Kier molecular flexibility index (Phi) is 2.73. The van der Waals surface area contributed by atoms with Crippen molar-refractivity contribution in [2.45, 2.75) is 25.2 Å². The highest BCUT2D eigenvalue weighted by Crippen LogP contribution is 2.54. The fourth-order valence-electron chi connectivity index (χ4n) is 3.03. The van der Waals surface area contributed by atoms with Gasteiger partial charge in [0.1, 0.15) is 11.3 Å². The van der Waals surface area contributed by atoms with Gasteiger partial charge in [0, 0.05) is 17.7 Å². The van der Waals surface area contributed by atoms with Crippen LogP contribution in [0.3, 0.4) is 0 Å². The van der Waals surface area contributed by atoms with Crippen LogP contribution in [0, 0.1) is 0 Å². The molecule has 2 aliphatic rings. The van der Waals surface area contributed by atoms with E-state index in [0.29, 0.717) is 6.54 Å². The average Bonchev–Trinajstić information content (AvgIpc) is 2.75. The van der Waals surface area contributed by atoms with E-state index >= 15 is 0 Å². The van der Waals surface area contributed by atoms with Gasteiger partial charge in [-0.3, -0.25) is 9.59 Å². The molecule has 1 aromatic rings. The molecule has 110 valence electrons. The first-order valence-electron chi connectivity index (χ1n) is 6.65. The van der Waals surface area contributed by atoms with Crippen LogP contribution in [0.2, 0.25) is 0 Å². The summed E-state index contributed by atoms with van der Waals surface area (Å²) in [6, 6.07) is 6.23. The second kappa shape index (κ2) is 4.16. The lowest BCUT2D eigenvalue weighted by molar-refractivity contribution is -0.235. The minimum Gasteiger partial charge on any atom is -0.458 e. The van der Waals surface area contributed by atoms with E-state index in [4.69, 9.17) is 4.74 Å². The number of hydrogen-bond donors (Lipinski definition) is 3. The van der Waals surface area contributed by atoms with E-state index in [9.17, 15) is 19.8 Å². The van der Waals surface area contributed by atoms with Crippen LogP contribution < -0.4 is 5.32 Å². The second-order valence-corrected chi connectivity index (χ2v) is 5.12. The predicted octanol–water partition coefficient (Wildman–Crippen LogP) is 0.199. The molecule has 3 rings (SSSR count). The normalized spacial score (nSPS) is 30.0. The number of amides is 1. The first kappa shape index (κ1) is 13.8. The molecule has 0 radical (unpaired) electrons. The maximum absolute atomic E-state index is 12.6. The largest absolute Gasteiger partial charge is 0.458 e. The molecule has 1 aliphatic carbocycles. The molecule has 3 N–H and O–H groups in total. The lowest BCUT2D eigenvalue weighted by Gasteiger charge is -2.30. The quantitative estimate of drug-likeness (QED) is 0.723. The average molecular weight is 289 g/mol. The number of rotatable bonds is 2. The van der Waals surface area contributed by atoms with Gasteiger partial charge in [-0.2, -0.15) is 0 Å². The van der Waals surface area contributed by atoms with Crippen molar-refractivity contribution in [3.8, 4) is 0 Å². The van der Waals surface area contributed by atoms with Gasteiger partial charge < -0.3 is 20.3 Å². The van der Waals surface area contributed by atoms with Gasteiger partial charge in [-0.05, 0) is 13.8 Å². The van der Waals surface area contributed by atoms with Crippen LogP contribution in [0.1, 0.15) is 29.8 Å². The number of hydrogen-bond acceptors (Lipinski definition) is 5. The van der Waals surface area contributed by atoms with Crippen molar-refractivity contribution in [3.05, 3.63) is 46.7 Å². The zero-order valence-electron chi connectivity index (χ0n) is 11.6. The highest BCUT2D eigenvalue weighted by atomic mass is 16.7. The van der Waals surface area contributed by atoms with E-state index in [2.05, 4.69) is 5.32 Å². The lowest BCUT2D eigenvalue weighted by Crippen LogP contribution is -2.53. The molecule has 1 amide bonds. The smallest absolute Gasteiger partial charge is 0.276 e. The van der Waals surface area contributed by atoms with Crippen molar-refractivity contribution in [1.82, 2.24) is 5.32 Å². The molecule has 0 aromatic heterocycles. The van der Waals surface area contributed by atoms with Crippen molar-refractivity contribution in [2.24, 2.45) is 0 Å². The molecule has 6 heteroatoms. The number of ketones is 1. The Morgan fingerprint density at radius 1 is 1.33 bits per heavy atom. The number of nitrogens with one attached hydrogen (secondary N) is 1. The molecule has 0 spiro atoms. The topological polar surface area (TPSA) is 95.9 Å². The third kappa shape index (κ3) is 1.43. The Labute approximate surface area is 121 Å². The number of benzene rings is 1. The summed E-state index contributed by atoms with van der Waals surface area (Å²) in [5, 5.41) is 24.1. The number of likely N-dealkylation sites (N-methyl/N-ethyl adjacent to an activating group) is 1. The van der Waals surface area contributed by atoms with Crippen LogP contribution in [0.15, 0.2) is 35.6 Å². The fourth-order valence-corrected chi connectivity index (χ4v) is 3.03. The molecule has 2 unspecified atom stereocenters. The molecule has 1 aliphatic heterocycles. The van der Waals surface area contributed by atoms with E-state index in [1.165, 1.54) is 19.1 Å². The number of aliphatic hydroxyl groups is 2. The molecule has 0 saturated carbocycles. The van der Waals surface area contributed by atoms with Crippen molar-refractivity contribution >= 4 is 11.7 Å². The Bertz CT molecular complexity index is 695. The molecule has 0 bridgehead atoms. The molecule has 0 fully saturated rings. The van der Waals surface area contributed by atoms with Gasteiger partial charge in [0.15, 0.2) is 0 Å². The highest BCUT2D eigenvalue weighted by molar-refractivity contribution is 6.16. The summed E-state index contributed by atoms with van der Waals surface area (Å²) in [6.45, 7) is 3.48. The fraction of sp³-hybridized carbons (Fsp3) is 0.333. The van der Waals surface area contributed by atoms with Crippen LogP contribution in [0.25, 0.3) is 0 Å².